The Hall–Kier alpha value is -1.26. The molecule has 4 nitrogen and oxygen atoms in total. The van der Waals surface area contributed by atoms with Gasteiger partial charge in [0.25, 0.3) is 0 Å². The second kappa shape index (κ2) is 8.55. The molecule has 3 rings (SSSR count). The number of hydrogen-bond acceptors (Lipinski definition) is 3. The van der Waals surface area contributed by atoms with Crippen LogP contribution in [-0.4, -0.2) is 25.1 Å². The highest BCUT2D eigenvalue weighted by atomic mass is 35.5. The van der Waals surface area contributed by atoms with Crippen LogP contribution in [0.1, 0.15) is 32.1 Å². The third-order valence-corrected chi connectivity index (χ3v) is 5.20. The molecule has 2 bridgehead atoms. The maximum atomic E-state index is 12.3. The number of nitrogens with two attached hydrogens (primary N) is 1. The summed E-state index contributed by atoms with van der Waals surface area (Å²) in [4.78, 5) is 12.3. The second-order valence-corrected chi connectivity index (χ2v) is 6.65. The fraction of sp³-hybridized carbons (Fsp3) is 0.611. The third kappa shape index (κ3) is 4.61. The SMILES string of the molecule is Cl.NC1C2CCCC1CC(C(=O)NCCOc1ccccc1)C2. The summed E-state index contributed by atoms with van der Waals surface area (Å²) in [6.45, 7) is 1.07. The van der Waals surface area contributed by atoms with Crippen molar-refractivity contribution in [2.24, 2.45) is 23.5 Å². The summed E-state index contributed by atoms with van der Waals surface area (Å²) in [5, 5.41) is 3.02. The predicted molar refractivity (Wildman–Crippen MR) is 93.7 cm³/mol. The number of nitrogens with one attached hydrogen (secondary N) is 1. The minimum Gasteiger partial charge on any atom is -0.492 e. The van der Waals surface area contributed by atoms with Gasteiger partial charge in [-0.1, -0.05) is 24.6 Å². The van der Waals surface area contributed by atoms with Crippen LogP contribution in [0, 0.1) is 17.8 Å². The van der Waals surface area contributed by atoms with Crippen LogP contribution < -0.4 is 15.8 Å². The normalized spacial score (nSPS) is 29.3. The predicted octanol–water partition coefficient (Wildman–Crippen LogP) is 2.76. The summed E-state index contributed by atoms with van der Waals surface area (Å²) in [5.74, 6) is 2.26. The van der Waals surface area contributed by atoms with Crippen molar-refractivity contribution in [1.82, 2.24) is 5.32 Å². The van der Waals surface area contributed by atoms with Gasteiger partial charge in [-0.2, -0.15) is 0 Å². The van der Waals surface area contributed by atoms with Gasteiger partial charge in [0.2, 0.25) is 5.91 Å². The van der Waals surface area contributed by atoms with E-state index in [4.69, 9.17) is 10.5 Å². The van der Waals surface area contributed by atoms with E-state index in [-0.39, 0.29) is 24.2 Å². The summed E-state index contributed by atoms with van der Waals surface area (Å²) in [6.07, 6.45) is 5.59. The monoisotopic (exact) mass is 338 g/mol. The number of ether oxygens (including phenoxy) is 1. The summed E-state index contributed by atoms with van der Waals surface area (Å²) in [7, 11) is 0. The first kappa shape index (κ1) is 18.1. The van der Waals surface area contributed by atoms with Crippen LogP contribution >= 0.6 is 12.4 Å². The molecule has 0 heterocycles. The molecule has 0 radical (unpaired) electrons. The number of rotatable bonds is 5. The van der Waals surface area contributed by atoms with Gasteiger partial charge < -0.3 is 15.8 Å². The number of fused-ring (bicyclic) bond motifs is 2. The fourth-order valence-electron chi connectivity index (χ4n) is 4.01. The van der Waals surface area contributed by atoms with Gasteiger partial charge in [-0.15, -0.1) is 12.4 Å². The van der Waals surface area contributed by atoms with Crippen molar-refractivity contribution in [1.29, 1.82) is 0 Å². The van der Waals surface area contributed by atoms with Crippen LogP contribution in [0.15, 0.2) is 30.3 Å². The van der Waals surface area contributed by atoms with Gasteiger partial charge >= 0.3 is 0 Å². The lowest BCUT2D eigenvalue weighted by atomic mass is 9.65. The van der Waals surface area contributed by atoms with Gasteiger partial charge in [0, 0.05) is 12.0 Å². The Balaban J connectivity index is 0.00000192. The molecule has 2 fully saturated rings. The van der Waals surface area contributed by atoms with E-state index in [1.807, 2.05) is 30.3 Å². The molecule has 0 spiro atoms. The lowest BCUT2D eigenvalue weighted by molar-refractivity contribution is -0.128. The first-order chi connectivity index (χ1) is 10.7. The van der Waals surface area contributed by atoms with E-state index in [0.29, 0.717) is 31.0 Å². The molecule has 1 aromatic carbocycles. The van der Waals surface area contributed by atoms with E-state index < -0.39 is 0 Å². The molecule has 1 amide bonds. The molecule has 0 aromatic heterocycles. The zero-order chi connectivity index (χ0) is 15.4. The molecule has 128 valence electrons. The first-order valence-electron chi connectivity index (χ1n) is 8.45. The molecule has 2 aliphatic carbocycles. The highest BCUT2D eigenvalue weighted by molar-refractivity contribution is 5.85. The molecule has 0 saturated heterocycles. The second-order valence-electron chi connectivity index (χ2n) is 6.65. The quantitative estimate of drug-likeness (QED) is 0.811. The molecule has 2 atom stereocenters. The maximum Gasteiger partial charge on any atom is 0.223 e. The van der Waals surface area contributed by atoms with E-state index in [1.165, 1.54) is 19.3 Å². The summed E-state index contributed by atoms with van der Waals surface area (Å²) in [6, 6.07) is 10.0. The molecule has 3 N–H and O–H groups in total. The summed E-state index contributed by atoms with van der Waals surface area (Å²) >= 11 is 0. The van der Waals surface area contributed by atoms with Gasteiger partial charge in [0.15, 0.2) is 0 Å². The van der Waals surface area contributed by atoms with Crippen molar-refractivity contribution in [3.63, 3.8) is 0 Å². The average molecular weight is 339 g/mol. The summed E-state index contributed by atoms with van der Waals surface area (Å²) < 4.78 is 5.60. The van der Waals surface area contributed by atoms with Gasteiger partial charge in [0.05, 0.1) is 6.54 Å². The number of hydrogen-bond donors (Lipinski definition) is 2. The Morgan fingerprint density at radius 3 is 2.48 bits per heavy atom. The first-order valence-corrected chi connectivity index (χ1v) is 8.45. The molecule has 2 aliphatic rings. The lowest BCUT2D eigenvalue weighted by Gasteiger charge is -2.43. The van der Waals surface area contributed by atoms with Gasteiger partial charge in [-0.05, 0) is 49.7 Å². The van der Waals surface area contributed by atoms with Crippen molar-refractivity contribution < 1.29 is 9.53 Å². The highest BCUT2D eigenvalue weighted by Crippen LogP contribution is 2.41. The smallest absolute Gasteiger partial charge is 0.223 e. The van der Waals surface area contributed by atoms with Crippen LogP contribution in [0.2, 0.25) is 0 Å². The van der Waals surface area contributed by atoms with E-state index in [0.717, 1.165) is 18.6 Å². The minimum atomic E-state index is 0. The zero-order valence-corrected chi connectivity index (χ0v) is 14.3. The molecule has 2 saturated carbocycles. The number of carbonyl (C=O) groups is 1. The number of amides is 1. The molecular weight excluding hydrogens is 312 g/mol. The molecule has 2 unspecified atom stereocenters. The van der Waals surface area contributed by atoms with Crippen LogP contribution in [0.3, 0.4) is 0 Å². The largest absolute Gasteiger partial charge is 0.492 e. The van der Waals surface area contributed by atoms with E-state index in [1.54, 1.807) is 0 Å². The molecule has 0 aliphatic heterocycles. The molecule has 5 heteroatoms. The van der Waals surface area contributed by atoms with E-state index in [9.17, 15) is 4.79 Å². The Morgan fingerprint density at radius 1 is 1.17 bits per heavy atom. The minimum absolute atomic E-state index is 0. The van der Waals surface area contributed by atoms with E-state index in [2.05, 4.69) is 5.32 Å². The van der Waals surface area contributed by atoms with Gasteiger partial charge in [0.1, 0.15) is 12.4 Å². The Bertz CT molecular complexity index is 483. The molecule has 1 aromatic rings. The Kier molecular flexibility index (Phi) is 6.72. The highest BCUT2D eigenvalue weighted by Gasteiger charge is 2.40. The van der Waals surface area contributed by atoms with Crippen LogP contribution in [0.5, 0.6) is 5.75 Å². The van der Waals surface area contributed by atoms with Crippen molar-refractivity contribution in [2.75, 3.05) is 13.2 Å². The van der Waals surface area contributed by atoms with Crippen molar-refractivity contribution in [3.05, 3.63) is 30.3 Å². The fourth-order valence-corrected chi connectivity index (χ4v) is 4.01. The topological polar surface area (TPSA) is 64.4 Å². The third-order valence-electron chi connectivity index (χ3n) is 5.20. The average Bonchev–Trinajstić information content (AvgIpc) is 2.52. The lowest BCUT2D eigenvalue weighted by Crippen LogP contribution is -2.49. The van der Waals surface area contributed by atoms with Crippen molar-refractivity contribution in [2.45, 2.75) is 38.1 Å². The Labute approximate surface area is 144 Å². The van der Waals surface area contributed by atoms with E-state index >= 15 is 0 Å². The molecular formula is C18H27ClN2O2. The standard InChI is InChI=1S/C18H26N2O2.ClH/c19-17-13-5-4-6-14(17)12-15(11-13)18(21)20-9-10-22-16-7-2-1-3-8-16;/h1-3,7-8,13-15,17H,4-6,9-12,19H2,(H,20,21);1H. The maximum absolute atomic E-state index is 12.3. The van der Waals surface area contributed by atoms with Crippen LogP contribution in [0.25, 0.3) is 0 Å². The van der Waals surface area contributed by atoms with Gasteiger partial charge in [-0.3, -0.25) is 4.79 Å². The van der Waals surface area contributed by atoms with Crippen molar-refractivity contribution in [3.8, 4) is 5.75 Å². The van der Waals surface area contributed by atoms with Crippen LogP contribution in [-0.2, 0) is 4.79 Å². The number of carbonyl (C=O) groups excluding carboxylic acids is 1. The Morgan fingerprint density at radius 2 is 1.83 bits per heavy atom. The number of benzene rings is 1. The van der Waals surface area contributed by atoms with Crippen LogP contribution in [0.4, 0.5) is 0 Å². The molecule has 23 heavy (non-hydrogen) atoms. The summed E-state index contributed by atoms with van der Waals surface area (Å²) in [5.41, 5.74) is 6.28. The van der Waals surface area contributed by atoms with Crippen molar-refractivity contribution >= 4 is 18.3 Å². The zero-order valence-electron chi connectivity index (χ0n) is 13.4. The number of halogens is 1. The van der Waals surface area contributed by atoms with Gasteiger partial charge in [-0.25, -0.2) is 0 Å². The number of para-hydroxylation sites is 1.